The summed E-state index contributed by atoms with van der Waals surface area (Å²) in [5.74, 6) is 0.863. The van der Waals surface area contributed by atoms with E-state index in [4.69, 9.17) is 9.84 Å². The molecule has 1 aliphatic rings. The average Bonchev–Trinajstić information content (AvgIpc) is 3.24. The lowest BCUT2D eigenvalue weighted by Gasteiger charge is -2.20. The minimum Gasteiger partial charge on any atom is -0.496 e. The van der Waals surface area contributed by atoms with Gasteiger partial charge >= 0.3 is 6.09 Å². The Balaban J connectivity index is 1.45. The number of aliphatic hydroxyl groups excluding tert-OH is 1. The second-order valence-corrected chi connectivity index (χ2v) is 8.37. The zero-order valence-electron chi connectivity index (χ0n) is 19.3. The molecule has 178 valence electrons. The predicted molar refractivity (Wildman–Crippen MR) is 129 cm³/mol. The van der Waals surface area contributed by atoms with Crippen molar-refractivity contribution in [3.63, 3.8) is 0 Å². The summed E-state index contributed by atoms with van der Waals surface area (Å²) in [6.45, 7) is 2.73. The van der Waals surface area contributed by atoms with Gasteiger partial charge in [0.2, 0.25) is 0 Å². The van der Waals surface area contributed by atoms with Gasteiger partial charge in [-0.1, -0.05) is 18.2 Å². The molecule has 2 aromatic carbocycles. The van der Waals surface area contributed by atoms with Crippen LogP contribution in [0, 0.1) is 0 Å². The first-order valence-corrected chi connectivity index (χ1v) is 11.6. The lowest BCUT2D eigenvalue weighted by molar-refractivity contribution is 0.0978. The molecule has 1 aliphatic heterocycles. The fraction of sp³-hybridized carbons (Fsp3) is 0.462. The number of para-hydroxylation sites is 1. The Hall–Kier alpha value is -3.06. The number of hydrogen-bond acceptors (Lipinski definition) is 5. The van der Waals surface area contributed by atoms with Gasteiger partial charge in [-0.2, -0.15) is 0 Å². The first-order valence-electron chi connectivity index (χ1n) is 11.6. The molecule has 0 spiro atoms. The van der Waals surface area contributed by atoms with E-state index in [0.717, 1.165) is 48.5 Å². The molecule has 0 fully saturated rings. The van der Waals surface area contributed by atoms with Gasteiger partial charge in [0.1, 0.15) is 5.75 Å². The van der Waals surface area contributed by atoms with Gasteiger partial charge in [-0.15, -0.1) is 0 Å². The van der Waals surface area contributed by atoms with Crippen molar-refractivity contribution in [2.24, 2.45) is 0 Å². The second kappa shape index (κ2) is 12.3. The highest BCUT2D eigenvalue weighted by Gasteiger charge is 2.20. The number of anilines is 1. The zero-order valence-corrected chi connectivity index (χ0v) is 19.3. The molecule has 3 rings (SSSR count). The Labute approximate surface area is 195 Å². The van der Waals surface area contributed by atoms with Crippen LogP contribution in [0.2, 0.25) is 0 Å². The molecule has 33 heavy (non-hydrogen) atoms. The van der Waals surface area contributed by atoms with Crippen LogP contribution < -0.4 is 9.64 Å². The zero-order chi connectivity index (χ0) is 23.6. The molecular formula is C26H34N2O5. The van der Waals surface area contributed by atoms with E-state index in [1.54, 1.807) is 7.11 Å². The molecule has 1 amide bonds. The van der Waals surface area contributed by atoms with E-state index >= 15 is 0 Å². The van der Waals surface area contributed by atoms with E-state index in [1.807, 2.05) is 42.5 Å². The molecule has 0 aromatic heterocycles. The van der Waals surface area contributed by atoms with Crippen molar-refractivity contribution in [1.29, 1.82) is 0 Å². The minimum atomic E-state index is -0.944. The Morgan fingerprint density at radius 2 is 1.91 bits per heavy atom. The van der Waals surface area contributed by atoms with E-state index in [2.05, 4.69) is 4.90 Å². The summed E-state index contributed by atoms with van der Waals surface area (Å²) in [7, 11) is 1.61. The van der Waals surface area contributed by atoms with Crippen LogP contribution in [0.25, 0.3) is 0 Å². The van der Waals surface area contributed by atoms with Crippen molar-refractivity contribution in [1.82, 2.24) is 4.90 Å². The molecule has 0 saturated heterocycles. The quantitative estimate of drug-likeness (QED) is 0.351. The van der Waals surface area contributed by atoms with E-state index in [9.17, 15) is 14.7 Å². The largest absolute Gasteiger partial charge is 0.496 e. The number of unbranched alkanes of at least 4 members (excludes halogenated alkanes) is 1. The summed E-state index contributed by atoms with van der Waals surface area (Å²) < 4.78 is 5.34. The fourth-order valence-corrected chi connectivity index (χ4v) is 4.34. The molecule has 0 aliphatic carbocycles. The van der Waals surface area contributed by atoms with E-state index < -0.39 is 6.09 Å². The lowest BCUT2D eigenvalue weighted by atomic mass is 10.0. The molecule has 7 heteroatoms. The Kier molecular flexibility index (Phi) is 9.13. The number of methoxy groups -OCH3 is 1. The van der Waals surface area contributed by atoms with Crippen LogP contribution in [0.15, 0.2) is 42.5 Å². The molecule has 7 nitrogen and oxygen atoms in total. The molecule has 0 saturated carbocycles. The number of Topliss-reactive ketones (excluding diaryl/α,β-unsaturated/α-hetero) is 1. The number of ether oxygens (including phenoxy) is 1. The van der Waals surface area contributed by atoms with Crippen molar-refractivity contribution >= 4 is 17.6 Å². The number of hydrogen-bond donors (Lipinski definition) is 2. The monoisotopic (exact) mass is 454 g/mol. The van der Waals surface area contributed by atoms with Crippen molar-refractivity contribution < 1.29 is 24.5 Å². The molecular weight excluding hydrogens is 420 g/mol. The van der Waals surface area contributed by atoms with Gasteiger partial charge in [0, 0.05) is 50.5 Å². The number of amides is 1. The minimum absolute atomic E-state index is 0.0995. The van der Waals surface area contributed by atoms with Gasteiger partial charge in [0.05, 0.1) is 7.11 Å². The summed E-state index contributed by atoms with van der Waals surface area (Å²) in [6.07, 6.45) is 3.00. The second-order valence-electron chi connectivity index (χ2n) is 8.37. The Morgan fingerprint density at radius 3 is 2.67 bits per heavy atom. The summed E-state index contributed by atoms with van der Waals surface area (Å²) in [5.41, 5.74) is 4.05. The number of ketones is 1. The number of fused-ring (bicyclic) bond motifs is 1. The van der Waals surface area contributed by atoms with Gasteiger partial charge in [-0.3, -0.25) is 4.79 Å². The summed E-state index contributed by atoms with van der Waals surface area (Å²) in [6, 6.07) is 13.5. The molecule has 0 bridgehead atoms. The third kappa shape index (κ3) is 6.71. The number of carbonyl (C=O) groups is 2. The summed E-state index contributed by atoms with van der Waals surface area (Å²) >= 11 is 0. The Bertz CT molecular complexity index is 946. The standard InChI is InChI=1S/C26H34N2O5/c1-33-25-9-3-2-7-20(25)12-17-28(26(31)32)14-5-4-8-24(30)22-10-11-23-21(19-22)13-16-27(23)15-6-18-29/h2-3,7,9-11,19,29H,4-6,8,12-18H2,1H3,(H,31,32). The number of rotatable bonds is 13. The van der Waals surface area contributed by atoms with Gasteiger partial charge in [-0.25, -0.2) is 4.79 Å². The van der Waals surface area contributed by atoms with Crippen LogP contribution in [-0.4, -0.2) is 66.9 Å². The predicted octanol–water partition coefficient (Wildman–Crippen LogP) is 4.02. The van der Waals surface area contributed by atoms with Gasteiger partial charge in [0.25, 0.3) is 0 Å². The van der Waals surface area contributed by atoms with Crippen molar-refractivity contribution in [2.75, 3.05) is 44.8 Å². The molecule has 0 atom stereocenters. The number of benzene rings is 2. The van der Waals surface area contributed by atoms with Crippen molar-refractivity contribution in [2.45, 2.75) is 38.5 Å². The van der Waals surface area contributed by atoms with E-state index in [0.29, 0.717) is 38.8 Å². The Morgan fingerprint density at radius 1 is 1.09 bits per heavy atom. The number of nitrogens with zero attached hydrogens (tertiary/aromatic N) is 2. The highest BCUT2D eigenvalue weighted by Crippen LogP contribution is 2.29. The van der Waals surface area contributed by atoms with E-state index in [1.165, 1.54) is 10.5 Å². The number of aliphatic hydroxyl groups is 1. The van der Waals surface area contributed by atoms with Gasteiger partial charge in [-0.05, 0) is 67.5 Å². The van der Waals surface area contributed by atoms with E-state index in [-0.39, 0.29) is 12.4 Å². The lowest BCUT2D eigenvalue weighted by Crippen LogP contribution is -2.32. The van der Waals surface area contributed by atoms with Crippen molar-refractivity contribution in [3.05, 3.63) is 59.2 Å². The van der Waals surface area contributed by atoms with Crippen molar-refractivity contribution in [3.8, 4) is 5.75 Å². The molecule has 0 radical (unpaired) electrons. The topological polar surface area (TPSA) is 90.3 Å². The third-order valence-electron chi connectivity index (χ3n) is 6.18. The SMILES string of the molecule is COc1ccccc1CCN(CCCCC(=O)c1ccc2c(c1)CCN2CCCO)C(=O)O. The third-order valence-corrected chi connectivity index (χ3v) is 6.18. The summed E-state index contributed by atoms with van der Waals surface area (Å²) in [5, 5.41) is 18.6. The molecule has 2 N–H and O–H groups in total. The maximum absolute atomic E-state index is 12.7. The maximum atomic E-state index is 12.7. The van der Waals surface area contributed by atoms with Crippen LogP contribution >= 0.6 is 0 Å². The van der Waals surface area contributed by atoms with Crippen LogP contribution in [0.1, 0.15) is 47.2 Å². The normalized spacial score (nSPS) is 12.5. The molecule has 2 aromatic rings. The van der Waals surface area contributed by atoms with Gasteiger partial charge in [0.15, 0.2) is 5.78 Å². The summed E-state index contributed by atoms with van der Waals surface area (Å²) in [4.78, 5) is 28.0. The highest BCUT2D eigenvalue weighted by atomic mass is 16.5. The average molecular weight is 455 g/mol. The first kappa shape index (κ1) is 24.6. The van der Waals surface area contributed by atoms with Gasteiger partial charge < -0.3 is 24.7 Å². The maximum Gasteiger partial charge on any atom is 0.407 e. The van der Waals surface area contributed by atoms with Crippen LogP contribution in [0.5, 0.6) is 5.75 Å². The molecule has 1 heterocycles. The highest BCUT2D eigenvalue weighted by molar-refractivity contribution is 5.96. The number of carbonyl (C=O) groups excluding carboxylic acids is 1. The van der Waals surface area contributed by atoms with Crippen LogP contribution in [0.4, 0.5) is 10.5 Å². The smallest absolute Gasteiger partial charge is 0.407 e. The molecule has 0 unspecified atom stereocenters. The fourth-order valence-electron chi connectivity index (χ4n) is 4.34. The van der Waals surface area contributed by atoms with Crippen LogP contribution in [-0.2, 0) is 12.8 Å². The first-order chi connectivity index (χ1) is 16.0. The number of carboxylic acid groups (broad SMARTS) is 1. The van der Waals surface area contributed by atoms with Crippen LogP contribution in [0.3, 0.4) is 0 Å².